The highest BCUT2D eigenvalue weighted by atomic mass is 127. The quantitative estimate of drug-likeness (QED) is 0.261. The standard InChI is InChI=1S/C19H19IN6O3/c1-26(2)8-6-19(28,20-29)5-3-12-9-13(14-11-23-25-16(14)10-12)18-22-7-4-15(24-18)17(21)27/h4,7,9-11,28H,6,8H2,1-2H3,(H2,21,27)(H,23,25)/t19-/m0/s1. The van der Waals surface area contributed by atoms with E-state index in [0.717, 1.165) is 5.39 Å². The summed E-state index contributed by atoms with van der Waals surface area (Å²) in [4.78, 5) is 21.8. The van der Waals surface area contributed by atoms with Crippen molar-refractivity contribution in [2.75, 3.05) is 20.6 Å². The summed E-state index contributed by atoms with van der Waals surface area (Å²) in [6, 6.07) is 4.94. The van der Waals surface area contributed by atoms with E-state index in [1.165, 1.54) is 12.3 Å². The average molecular weight is 506 g/mol. The van der Waals surface area contributed by atoms with Gasteiger partial charge in [0.25, 0.3) is 5.91 Å². The van der Waals surface area contributed by atoms with Crippen molar-refractivity contribution in [3.05, 3.63) is 41.9 Å². The van der Waals surface area contributed by atoms with Gasteiger partial charge in [-0.1, -0.05) is 5.92 Å². The molecular formula is C19H19IN6O3. The van der Waals surface area contributed by atoms with Crippen molar-refractivity contribution in [3.63, 3.8) is 0 Å². The molecule has 4 N–H and O–H groups in total. The maximum absolute atomic E-state index is 11.6. The second kappa shape index (κ2) is 8.73. The summed E-state index contributed by atoms with van der Waals surface area (Å²) in [5, 5.41) is 18.2. The number of halogens is 1. The first kappa shape index (κ1) is 21.0. The van der Waals surface area contributed by atoms with Crippen LogP contribution >= 0.6 is 21.2 Å². The number of nitrogens with zero attached hydrogens (tertiary/aromatic N) is 4. The number of nitrogens with two attached hydrogens (primary N) is 1. The molecule has 0 bridgehead atoms. The fourth-order valence-electron chi connectivity index (χ4n) is 2.59. The van der Waals surface area contributed by atoms with Crippen LogP contribution in [-0.4, -0.2) is 60.3 Å². The third-order valence-electron chi connectivity index (χ3n) is 4.12. The van der Waals surface area contributed by atoms with E-state index in [1.54, 1.807) is 18.3 Å². The number of H-pyrrole nitrogens is 1. The Balaban J connectivity index is 2.05. The number of aliphatic hydroxyl groups is 1. The largest absolute Gasteiger partial charge is 0.367 e. The summed E-state index contributed by atoms with van der Waals surface area (Å²) >= 11 is -1.75. The van der Waals surface area contributed by atoms with Gasteiger partial charge in [-0.05, 0) is 38.2 Å². The van der Waals surface area contributed by atoms with Gasteiger partial charge in [0.05, 0.1) is 11.7 Å². The number of hydrogen-bond acceptors (Lipinski definition) is 7. The van der Waals surface area contributed by atoms with Crippen molar-refractivity contribution in [2.45, 2.75) is 10.0 Å². The molecule has 0 aliphatic heterocycles. The predicted molar refractivity (Wildman–Crippen MR) is 115 cm³/mol. The van der Waals surface area contributed by atoms with E-state index < -0.39 is 30.7 Å². The summed E-state index contributed by atoms with van der Waals surface area (Å²) in [6.07, 6.45) is 3.36. The highest BCUT2D eigenvalue weighted by molar-refractivity contribution is 14.1. The predicted octanol–water partition coefficient (Wildman–Crippen LogP) is 1.43. The number of nitrogens with one attached hydrogen (secondary N) is 1. The monoisotopic (exact) mass is 506 g/mol. The molecule has 1 amide bonds. The van der Waals surface area contributed by atoms with E-state index in [9.17, 15) is 13.0 Å². The molecule has 0 saturated heterocycles. The zero-order valence-electron chi connectivity index (χ0n) is 15.8. The van der Waals surface area contributed by atoms with E-state index >= 15 is 0 Å². The van der Waals surface area contributed by atoms with Gasteiger partial charge in [-0.2, -0.15) is 5.10 Å². The Morgan fingerprint density at radius 2 is 2.21 bits per heavy atom. The number of primary amides is 1. The second-order valence-electron chi connectivity index (χ2n) is 6.62. The van der Waals surface area contributed by atoms with Gasteiger partial charge in [-0.15, -0.1) is 0 Å². The zero-order valence-corrected chi connectivity index (χ0v) is 18.0. The van der Waals surface area contributed by atoms with E-state index in [0.29, 0.717) is 29.0 Å². The summed E-state index contributed by atoms with van der Waals surface area (Å²) in [5.41, 5.74) is 7.27. The number of aromatic nitrogens is 4. The van der Waals surface area contributed by atoms with Crippen molar-refractivity contribution in [1.82, 2.24) is 25.1 Å². The summed E-state index contributed by atoms with van der Waals surface area (Å²) in [6.45, 7) is 0.561. The molecule has 0 unspecified atom stereocenters. The van der Waals surface area contributed by atoms with E-state index in [-0.39, 0.29) is 12.1 Å². The molecule has 29 heavy (non-hydrogen) atoms. The van der Waals surface area contributed by atoms with E-state index in [1.807, 2.05) is 19.0 Å². The van der Waals surface area contributed by atoms with Crippen molar-refractivity contribution in [2.24, 2.45) is 5.73 Å². The molecule has 10 heteroatoms. The first-order valence-electron chi connectivity index (χ1n) is 8.60. The highest BCUT2D eigenvalue weighted by Gasteiger charge is 2.25. The van der Waals surface area contributed by atoms with Crippen LogP contribution in [0.4, 0.5) is 0 Å². The van der Waals surface area contributed by atoms with Crippen LogP contribution in [-0.2, 0) is 3.07 Å². The lowest BCUT2D eigenvalue weighted by Crippen LogP contribution is -2.25. The van der Waals surface area contributed by atoms with E-state index in [2.05, 4.69) is 32.0 Å². The Labute approximate surface area is 177 Å². The van der Waals surface area contributed by atoms with Crippen LogP contribution in [0.2, 0.25) is 0 Å². The number of fused-ring (bicyclic) bond motifs is 1. The van der Waals surface area contributed by atoms with Crippen LogP contribution in [0.25, 0.3) is 22.3 Å². The molecule has 2 aromatic heterocycles. The Hall–Kier alpha value is -2.75. The first-order chi connectivity index (χ1) is 13.8. The Morgan fingerprint density at radius 3 is 2.90 bits per heavy atom. The lowest BCUT2D eigenvalue weighted by atomic mass is 10.0. The SMILES string of the molecule is CN(C)CC[C@@](O)(C#Cc1cc(-c2nccc(C(N)=O)n2)c2cn[nH]c2c1)I=O. The topological polar surface area (TPSA) is 138 Å². The van der Waals surface area contributed by atoms with E-state index in [4.69, 9.17) is 5.73 Å². The van der Waals surface area contributed by atoms with Gasteiger partial charge in [-0.25, -0.2) is 9.97 Å². The molecule has 0 spiro atoms. The Kier molecular flexibility index (Phi) is 6.31. The van der Waals surface area contributed by atoms with Gasteiger partial charge < -0.3 is 15.7 Å². The van der Waals surface area contributed by atoms with Crippen LogP contribution < -0.4 is 5.73 Å². The second-order valence-corrected chi connectivity index (χ2v) is 8.85. The van der Waals surface area contributed by atoms with Crippen molar-refractivity contribution >= 4 is 38.0 Å². The maximum atomic E-state index is 11.6. The molecule has 3 rings (SSSR count). The Morgan fingerprint density at radius 1 is 1.41 bits per heavy atom. The number of alkyl halides is 1. The first-order valence-corrected chi connectivity index (χ1v) is 10.6. The smallest absolute Gasteiger partial charge is 0.267 e. The third-order valence-corrected chi connectivity index (χ3v) is 5.66. The maximum Gasteiger partial charge on any atom is 0.267 e. The molecule has 0 saturated carbocycles. The number of rotatable bonds is 6. The van der Waals surface area contributed by atoms with Crippen LogP contribution in [0, 0.1) is 11.8 Å². The summed E-state index contributed by atoms with van der Waals surface area (Å²) in [7, 11) is 3.74. The molecule has 0 radical (unpaired) electrons. The number of hydrogen-bond donors (Lipinski definition) is 3. The molecule has 1 atom stereocenters. The van der Waals surface area contributed by atoms with Crippen molar-refractivity contribution < 1.29 is 13.0 Å². The van der Waals surface area contributed by atoms with Gasteiger partial charge in [0.15, 0.2) is 27.0 Å². The molecule has 3 aromatic rings. The fraction of sp³-hybridized carbons (Fsp3) is 0.263. The minimum Gasteiger partial charge on any atom is -0.367 e. The Bertz CT molecular complexity index is 1130. The van der Waals surface area contributed by atoms with Crippen molar-refractivity contribution in [3.8, 4) is 23.2 Å². The third kappa shape index (κ3) is 5.00. The molecule has 150 valence electrons. The van der Waals surface area contributed by atoms with Gasteiger partial charge >= 0.3 is 0 Å². The number of benzene rings is 1. The lowest BCUT2D eigenvalue weighted by molar-refractivity contribution is 0.0995. The molecule has 2 heterocycles. The van der Waals surface area contributed by atoms with Gasteiger partial charge in [-0.3, -0.25) is 13.0 Å². The van der Waals surface area contributed by atoms with Gasteiger partial charge in [0.1, 0.15) is 5.69 Å². The highest BCUT2D eigenvalue weighted by Crippen LogP contribution is 2.28. The lowest BCUT2D eigenvalue weighted by Gasteiger charge is -2.16. The van der Waals surface area contributed by atoms with Crippen LogP contribution in [0.15, 0.2) is 30.6 Å². The zero-order chi connectivity index (χ0) is 21.0. The summed E-state index contributed by atoms with van der Waals surface area (Å²) in [5.74, 6) is 5.30. The normalized spacial score (nSPS) is 13.1. The fourth-order valence-corrected chi connectivity index (χ4v) is 3.30. The van der Waals surface area contributed by atoms with Crippen molar-refractivity contribution in [1.29, 1.82) is 0 Å². The number of aromatic amines is 1. The molecule has 0 aliphatic carbocycles. The number of carbonyl (C=O) groups excluding carboxylic acids is 1. The van der Waals surface area contributed by atoms with Gasteiger partial charge in [0.2, 0.25) is 3.61 Å². The van der Waals surface area contributed by atoms with Crippen LogP contribution in [0.5, 0.6) is 0 Å². The minimum absolute atomic E-state index is 0.0947. The molecular weight excluding hydrogens is 487 g/mol. The van der Waals surface area contributed by atoms with Gasteiger partial charge in [0, 0.05) is 35.7 Å². The average Bonchev–Trinajstić information content (AvgIpc) is 3.19. The molecule has 1 aromatic carbocycles. The van der Waals surface area contributed by atoms with Crippen LogP contribution in [0.1, 0.15) is 22.5 Å². The molecule has 0 aliphatic rings. The summed E-state index contributed by atoms with van der Waals surface area (Å²) < 4.78 is 10.1. The number of amides is 1. The number of carbonyl (C=O) groups is 1. The minimum atomic E-state index is -1.75. The molecule has 0 fully saturated rings. The molecule has 9 nitrogen and oxygen atoms in total. The van der Waals surface area contributed by atoms with Crippen LogP contribution in [0.3, 0.4) is 0 Å².